The molecular formula is C17H18N2O3. The van der Waals surface area contributed by atoms with Crippen molar-refractivity contribution in [2.45, 2.75) is 19.1 Å². The van der Waals surface area contributed by atoms with Crippen LogP contribution in [0.4, 0.5) is 11.4 Å². The summed E-state index contributed by atoms with van der Waals surface area (Å²) >= 11 is 0. The smallest absolute Gasteiger partial charge is 0.255 e. The highest BCUT2D eigenvalue weighted by molar-refractivity contribution is 5.94. The second-order valence-electron chi connectivity index (χ2n) is 5.38. The van der Waals surface area contributed by atoms with Gasteiger partial charge in [-0.05, 0) is 43.3 Å². The normalized spacial score (nSPS) is 21.0. The van der Waals surface area contributed by atoms with Crippen molar-refractivity contribution >= 4 is 17.3 Å². The average Bonchev–Trinajstić information content (AvgIpc) is 2.83. The molecule has 22 heavy (non-hydrogen) atoms. The van der Waals surface area contributed by atoms with Crippen LogP contribution in [0.1, 0.15) is 13.3 Å². The Morgan fingerprint density at radius 2 is 1.82 bits per heavy atom. The van der Waals surface area contributed by atoms with Gasteiger partial charge in [-0.1, -0.05) is 18.2 Å². The number of para-hydroxylation sites is 1. The van der Waals surface area contributed by atoms with Gasteiger partial charge in [-0.25, -0.2) is 4.84 Å². The third kappa shape index (κ3) is 2.89. The first-order valence-electron chi connectivity index (χ1n) is 7.09. The topological polar surface area (TPSA) is 50.8 Å². The molecule has 1 aliphatic heterocycles. The molecule has 1 saturated heterocycles. The summed E-state index contributed by atoms with van der Waals surface area (Å²) in [5.41, 5.74) is 0.820. The fourth-order valence-corrected chi connectivity index (χ4v) is 2.45. The van der Waals surface area contributed by atoms with E-state index in [-0.39, 0.29) is 12.3 Å². The first-order valence-corrected chi connectivity index (χ1v) is 7.09. The van der Waals surface area contributed by atoms with E-state index in [0.717, 1.165) is 17.1 Å². The Kier molecular flexibility index (Phi) is 3.73. The lowest BCUT2D eigenvalue weighted by Crippen LogP contribution is -2.35. The number of amides is 1. The number of ether oxygens (including phenoxy) is 1. The molecule has 3 rings (SSSR count). The molecule has 2 aromatic rings. The summed E-state index contributed by atoms with van der Waals surface area (Å²) in [6.07, 6.45) is 0.258. The van der Waals surface area contributed by atoms with E-state index in [4.69, 9.17) is 9.57 Å². The Balaban J connectivity index is 1.75. The van der Waals surface area contributed by atoms with Crippen LogP contribution in [0.3, 0.4) is 0 Å². The molecule has 114 valence electrons. The van der Waals surface area contributed by atoms with Crippen molar-refractivity contribution in [2.75, 3.05) is 17.5 Å². The molecule has 1 amide bonds. The van der Waals surface area contributed by atoms with E-state index in [1.165, 1.54) is 5.06 Å². The van der Waals surface area contributed by atoms with Gasteiger partial charge in [0.2, 0.25) is 0 Å². The van der Waals surface area contributed by atoms with Crippen LogP contribution < -0.4 is 15.1 Å². The standard InChI is InChI=1S/C17H18N2O3/c1-17(18-13-8-10-15(21-2)11-9-13)12-16(20)19(22-17)14-6-4-3-5-7-14/h3-11,18H,12H2,1-2H3/t17-/m0/s1. The SMILES string of the molecule is COc1ccc(N[C@]2(C)CC(=O)N(c3ccccc3)O2)cc1. The van der Waals surface area contributed by atoms with Crippen LogP contribution in [-0.2, 0) is 9.63 Å². The summed E-state index contributed by atoms with van der Waals surface area (Å²) in [4.78, 5) is 18.1. The number of anilines is 2. The first-order chi connectivity index (χ1) is 10.6. The van der Waals surface area contributed by atoms with Crippen molar-refractivity contribution in [3.05, 3.63) is 54.6 Å². The van der Waals surface area contributed by atoms with Crippen molar-refractivity contribution < 1.29 is 14.4 Å². The Hall–Kier alpha value is -2.53. The third-order valence-corrected chi connectivity index (χ3v) is 3.50. The number of carbonyl (C=O) groups is 1. The molecule has 5 nitrogen and oxygen atoms in total. The Labute approximate surface area is 129 Å². The second kappa shape index (κ2) is 5.69. The number of nitrogens with zero attached hydrogens (tertiary/aromatic N) is 1. The molecule has 1 heterocycles. The second-order valence-corrected chi connectivity index (χ2v) is 5.38. The average molecular weight is 298 g/mol. The van der Waals surface area contributed by atoms with E-state index in [9.17, 15) is 4.79 Å². The molecule has 0 spiro atoms. The van der Waals surface area contributed by atoms with E-state index in [0.29, 0.717) is 0 Å². The summed E-state index contributed by atoms with van der Waals surface area (Å²) < 4.78 is 5.13. The minimum Gasteiger partial charge on any atom is -0.497 e. The Morgan fingerprint density at radius 1 is 1.14 bits per heavy atom. The van der Waals surface area contributed by atoms with Crippen molar-refractivity contribution in [3.8, 4) is 5.75 Å². The molecule has 2 aromatic carbocycles. The zero-order valence-electron chi connectivity index (χ0n) is 12.6. The first kappa shape index (κ1) is 14.4. The van der Waals surface area contributed by atoms with E-state index in [1.807, 2.05) is 61.5 Å². The van der Waals surface area contributed by atoms with Crippen LogP contribution in [0.15, 0.2) is 54.6 Å². The number of hydroxylamine groups is 1. The molecule has 1 fully saturated rings. The summed E-state index contributed by atoms with van der Waals surface area (Å²) in [5.74, 6) is 0.708. The third-order valence-electron chi connectivity index (χ3n) is 3.50. The number of carbonyl (C=O) groups excluding carboxylic acids is 1. The highest BCUT2D eigenvalue weighted by Crippen LogP contribution is 2.32. The van der Waals surface area contributed by atoms with Crippen molar-refractivity contribution in [1.29, 1.82) is 0 Å². The maximum Gasteiger partial charge on any atom is 0.255 e. The van der Waals surface area contributed by atoms with E-state index in [1.54, 1.807) is 7.11 Å². The molecule has 0 unspecified atom stereocenters. The van der Waals surface area contributed by atoms with Crippen molar-refractivity contribution in [2.24, 2.45) is 0 Å². The van der Waals surface area contributed by atoms with Gasteiger partial charge < -0.3 is 10.1 Å². The summed E-state index contributed by atoms with van der Waals surface area (Å²) in [5, 5.41) is 4.60. The van der Waals surface area contributed by atoms with Gasteiger partial charge >= 0.3 is 0 Å². The monoisotopic (exact) mass is 298 g/mol. The van der Waals surface area contributed by atoms with Gasteiger partial charge in [0.05, 0.1) is 19.2 Å². The van der Waals surface area contributed by atoms with Gasteiger partial charge in [-0.3, -0.25) is 4.79 Å². The number of benzene rings is 2. The predicted octanol–water partition coefficient (Wildman–Crippen LogP) is 3.19. The fraction of sp³-hybridized carbons (Fsp3) is 0.235. The van der Waals surface area contributed by atoms with Crippen LogP contribution in [0, 0.1) is 0 Å². The number of nitrogens with one attached hydrogen (secondary N) is 1. The molecule has 1 atom stereocenters. The summed E-state index contributed by atoms with van der Waals surface area (Å²) in [6.45, 7) is 1.86. The van der Waals surface area contributed by atoms with E-state index in [2.05, 4.69) is 5.32 Å². The van der Waals surface area contributed by atoms with Crippen LogP contribution in [0.25, 0.3) is 0 Å². The molecule has 0 saturated carbocycles. The van der Waals surface area contributed by atoms with Gasteiger partial charge in [0.15, 0.2) is 5.72 Å². The molecule has 0 radical (unpaired) electrons. The van der Waals surface area contributed by atoms with Crippen LogP contribution >= 0.6 is 0 Å². The quantitative estimate of drug-likeness (QED) is 0.942. The highest BCUT2D eigenvalue weighted by atomic mass is 16.7. The van der Waals surface area contributed by atoms with E-state index < -0.39 is 5.72 Å². The molecule has 5 heteroatoms. The number of hydrogen-bond donors (Lipinski definition) is 1. The number of rotatable bonds is 4. The van der Waals surface area contributed by atoms with E-state index >= 15 is 0 Å². The lowest BCUT2D eigenvalue weighted by atomic mass is 10.1. The molecule has 0 bridgehead atoms. The largest absolute Gasteiger partial charge is 0.497 e. The van der Waals surface area contributed by atoms with Crippen molar-refractivity contribution in [1.82, 2.24) is 0 Å². The summed E-state index contributed by atoms with van der Waals surface area (Å²) in [7, 11) is 1.63. The van der Waals surface area contributed by atoms with Crippen LogP contribution in [0.2, 0.25) is 0 Å². The maximum absolute atomic E-state index is 12.2. The summed E-state index contributed by atoms with van der Waals surface area (Å²) in [6, 6.07) is 16.8. The molecule has 0 aromatic heterocycles. The lowest BCUT2D eigenvalue weighted by molar-refractivity contribution is -0.119. The van der Waals surface area contributed by atoms with Crippen molar-refractivity contribution in [3.63, 3.8) is 0 Å². The Bertz CT molecular complexity index is 657. The van der Waals surface area contributed by atoms with Crippen LogP contribution in [-0.4, -0.2) is 18.7 Å². The zero-order chi connectivity index (χ0) is 15.6. The van der Waals surface area contributed by atoms with Gasteiger partial charge in [0.25, 0.3) is 5.91 Å². The predicted molar refractivity (Wildman–Crippen MR) is 84.7 cm³/mol. The zero-order valence-corrected chi connectivity index (χ0v) is 12.6. The van der Waals surface area contributed by atoms with Crippen LogP contribution in [0.5, 0.6) is 5.75 Å². The molecule has 1 aliphatic rings. The van der Waals surface area contributed by atoms with Gasteiger partial charge in [-0.2, -0.15) is 5.06 Å². The highest BCUT2D eigenvalue weighted by Gasteiger charge is 2.42. The number of methoxy groups -OCH3 is 1. The van der Waals surface area contributed by atoms with Gasteiger partial charge in [0.1, 0.15) is 5.75 Å². The fourth-order valence-electron chi connectivity index (χ4n) is 2.45. The molecular weight excluding hydrogens is 280 g/mol. The minimum atomic E-state index is -0.776. The van der Waals surface area contributed by atoms with Gasteiger partial charge in [0, 0.05) is 5.69 Å². The lowest BCUT2D eigenvalue weighted by Gasteiger charge is -2.26. The minimum absolute atomic E-state index is 0.0743. The Morgan fingerprint density at radius 3 is 2.45 bits per heavy atom. The maximum atomic E-state index is 12.2. The molecule has 1 N–H and O–H groups in total. The molecule has 0 aliphatic carbocycles. The van der Waals surface area contributed by atoms with Gasteiger partial charge in [-0.15, -0.1) is 0 Å². The number of hydrogen-bond acceptors (Lipinski definition) is 4.